The molecule has 0 aromatic carbocycles. The topological polar surface area (TPSA) is 55.6 Å². The molecular weight excluding hydrogens is 288 g/mol. The number of likely N-dealkylation sites (tertiary alicyclic amines) is 1. The number of carbonyl (C=O) groups is 1. The number of nitrogens with zero attached hydrogens (tertiary/aromatic N) is 1. The van der Waals surface area contributed by atoms with E-state index in [1.807, 2.05) is 0 Å². The van der Waals surface area contributed by atoms with Crippen LogP contribution in [0.15, 0.2) is 0 Å². The summed E-state index contributed by atoms with van der Waals surface area (Å²) in [6.45, 7) is 2.60. The Morgan fingerprint density at radius 2 is 1.90 bits per heavy atom. The van der Waals surface area contributed by atoms with Crippen LogP contribution in [-0.2, 0) is 9.53 Å². The lowest BCUT2D eigenvalue weighted by Gasteiger charge is -2.44. The van der Waals surface area contributed by atoms with Gasteiger partial charge in [0.05, 0.1) is 6.61 Å². The molecule has 122 valence electrons. The van der Waals surface area contributed by atoms with Crippen LogP contribution in [0.5, 0.6) is 0 Å². The molecule has 0 aromatic heterocycles. The fourth-order valence-corrected chi connectivity index (χ4v) is 4.65. The van der Waals surface area contributed by atoms with E-state index in [2.05, 4.69) is 4.90 Å². The van der Waals surface area contributed by atoms with E-state index in [1.165, 1.54) is 19.3 Å². The number of rotatable bonds is 3. The number of nitrogens with two attached hydrogens (primary N) is 1. The van der Waals surface area contributed by atoms with Gasteiger partial charge in [0.15, 0.2) is 0 Å². The standard InChI is InChI=1S/C16H28N2O2.ClH/c1-20-10-11-5-6-18(9-11)16(19)14-7-12-3-2-4-13(8-14)15(12)17;/h11-15H,2-10,17H2,1H3;1H. The number of hydrogen-bond acceptors (Lipinski definition) is 3. The Labute approximate surface area is 134 Å². The molecule has 0 spiro atoms. The molecule has 2 N–H and O–H groups in total. The average Bonchev–Trinajstić information content (AvgIpc) is 2.86. The van der Waals surface area contributed by atoms with Gasteiger partial charge in [-0.3, -0.25) is 4.79 Å². The summed E-state index contributed by atoms with van der Waals surface area (Å²) in [6.07, 6.45) is 6.92. The first-order valence-electron chi connectivity index (χ1n) is 8.22. The largest absolute Gasteiger partial charge is 0.384 e. The molecule has 2 saturated carbocycles. The number of methoxy groups -OCH3 is 1. The molecule has 21 heavy (non-hydrogen) atoms. The second-order valence-electron chi connectivity index (χ2n) is 7.09. The van der Waals surface area contributed by atoms with Crippen LogP contribution in [0.3, 0.4) is 0 Å². The van der Waals surface area contributed by atoms with Crippen molar-refractivity contribution in [2.24, 2.45) is 29.4 Å². The molecule has 1 saturated heterocycles. The van der Waals surface area contributed by atoms with Crippen molar-refractivity contribution in [3.8, 4) is 0 Å². The number of halogens is 1. The van der Waals surface area contributed by atoms with Gasteiger partial charge in [-0.25, -0.2) is 0 Å². The van der Waals surface area contributed by atoms with Crippen LogP contribution in [0.2, 0.25) is 0 Å². The number of carbonyl (C=O) groups excluding carboxylic acids is 1. The van der Waals surface area contributed by atoms with Crippen LogP contribution in [0.1, 0.15) is 38.5 Å². The minimum Gasteiger partial charge on any atom is -0.384 e. The summed E-state index contributed by atoms with van der Waals surface area (Å²) in [5, 5.41) is 0. The molecule has 4 nitrogen and oxygen atoms in total. The van der Waals surface area contributed by atoms with Crippen molar-refractivity contribution in [2.45, 2.75) is 44.6 Å². The second-order valence-corrected chi connectivity index (χ2v) is 7.09. The quantitative estimate of drug-likeness (QED) is 0.867. The van der Waals surface area contributed by atoms with E-state index in [0.29, 0.717) is 29.7 Å². The van der Waals surface area contributed by atoms with E-state index in [1.54, 1.807) is 7.11 Å². The minimum atomic E-state index is 0. The molecule has 3 unspecified atom stereocenters. The first-order chi connectivity index (χ1) is 9.69. The van der Waals surface area contributed by atoms with Crippen molar-refractivity contribution in [3.05, 3.63) is 0 Å². The summed E-state index contributed by atoms with van der Waals surface area (Å²) >= 11 is 0. The van der Waals surface area contributed by atoms with Crippen molar-refractivity contribution in [1.82, 2.24) is 4.90 Å². The molecule has 2 aliphatic carbocycles. The van der Waals surface area contributed by atoms with Crippen LogP contribution in [0, 0.1) is 23.7 Å². The Hall–Kier alpha value is -0.320. The highest BCUT2D eigenvalue weighted by Crippen LogP contribution is 2.42. The van der Waals surface area contributed by atoms with Gasteiger partial charge in [-0.15, -0.1) is 12.4 Å². The summed E-state index contributed by atoms with van der Waals surface area (Å²) < 4.78 is 5.22. The zero-order valence-electron chi connectivity index (χ0n) is 13.0. The second kappa shape index (κ2) is 7.30. The SMILES string of the molecule is COCC1CCN(C(=O)C2CC3CCCC(C2)C3N)C1.Cl. The number of amides is 1. The Bertz CT molecular complexity index is 352. The monoisotopic (exact) mass is 316 g/mol. The molecule has 3 fully saturated rings. The maximum atomic E-state index is 12.7. The highest BCUT2D eigenvalue weighted by Gasteiger charge is 2.42. The van der Waals surface area contributed by atoms with Gasteiger partial charge in [-0.1, -0.05) is 6.42 Å². The van der Waals surface area contributed by atoms with Gasteiger partial charge in [-0.05, 0) is 43.9 Å². The Morgan fingerprint density at radius 3 is 2.52 bits per heavy atom. The van der Waals surface area contributed by atoms with Gasteiger partial charge >= 0.3 is 0 Å². The number of hydrogen-bond donors (Lipinski definition) is 1. The van der Waals surface area contributed by atoms with E-state index in [-0.39, 0.29) is 18.3 Å². The highest BCUT2D eigenvalue weighted by atomic mass is 35.5. The maximum Gasteiger partial charge on any atom is 0.225 e. The molecule has 1 aliphatic heterocycles. The van der Waals surface area contributed by atoms with Gasteiger partial charge in [0.1, 0.15) is 0 Å². The van der Waals surface area contributed by atoms with Gasteiger partial charge in [0.25, 0.3) is 0 Å². The number of ether oxygens (including phenoxy) is 1. The normalized spacial score (nSPS) is 39.0. The Morgan fingerprint density at radius 1 is 1.24 bits per heavy atom. The summed E-state index contributed by atoms with van der Waals surface area (Å²) in [4.78, 5) is 14.8. The van der Waals surface area contributed by atoms with Crippen LogP contribution in [0.25, 0.3) is 0 Å². The third-order valence-corrected chi connectivity index (χ3v) is 5.76. The van der Waals surface area contributed by atoms with E-state index < -0.39 is 0 Å². The van der Waals surface area contributed by atoms with Gasteiger partial charge in [0, 0.05) is 38.1 Å². The van der Waals surface area contributed by atoms with Crippen LogP contribution < -0.4 is 5.73 Å². The van der Waals surface area contributed by atoms with E-state index >= 15 is 0 Å². The van der Waals surface area contributed by atoms with Gasteiger partial charge in [0.2, 0.25) is 5.91 Å². The lowest BCUT2D eigenvalue weighted by atomic mass is 9.65. The molecule has 5 heteroatoms. The zero-order valence-corrected chi connectivity index (χ0v) is 13.8. The van der Waals surface area contributed by atoms with Crippen molar-refractivity contribution in [3.63, 3.8) is 0 Å². The third-order valence-electron chi connectivity index (χ3n) is 5.76. The average molecular weight is 317 g/mol. The van der Waals surface area contributed by atoms with Gasteiger partial charge in [-0.2, -0.15) is 0 Å². The van der Waals surface area contributed by atoms with E-state index in [9.17, 15) is 4.79 Å². The molecule has 3 atom stereocenters. The molecule has 1 amide bonds. The smallest absolute Gasteiger partial charge is 0.225 e. The van der Waals surface area contributed by atoms with E-state index in [0.717, 1.165) is 39.0 Å². The van der Waals surface area contributed by atoms with Crippen molar-refractivity contribution < 1.29 is 9.53 Å². The summed E-state index contributed by atoms with van der Waals surface area (Å²) in [6, 6.07) is 0.354. The summed E-state index contributed by atoms with van der Waals surface area (Å²) in [5.74, 6) is 2.36. The van der Waals surface area contributed by atoms with Gasteiger partial charge < -0.3 is 15.4 Å². The van der Waals surface area contributed by atoms with E-state index in [4.69, 9.17) is 10.5 Å². The molecule has 3 rings (SSSR count). The van der Waals surface area contributed by atoms with Crippen molar-refractivity contribution in [2.75, 3.05) is 26.8 Å². The number of fused-ring (bicyclic) bond motifs is 2. The Kier molecular flexibility index (Phi) is 5.92. The summed E-state index contributed by atoms with van der Waals surface area (Å²) in [7, 11) is 1.74. The fraction of sp³-hybridized carbons (Fsp3) is 0.938. The molecule has 0 radical (unpaired) electrons. The lowest BCUT2D eigenvalue weighted by molar-refractivity contribution is -0.137. The predicted molar refractivity (Wildman–Crippen MR) is 85.3 cm³/mol. The zero-order chi connectivity index (χ0) is 14.1. The molecular formula is C16H29ClN2O2. The fourth-order valence-electron chi connectivity index (χ4n) is 4.65. The lowest BCUT2D eigenvalue weighted by Crippen LogP contribution is -2.49. The van der Waals surface area contributed by atoms with Crippen molar-refractivity contribution >= 4 is 18.3 Å². The highest BCUT2D eigenvalue weighted by molar-refractivity contribution is 5.85. The third kappa shape index (κ3) is 3.54. The predicted octanol–water partition coefficient (Wildman–Crippen LogP) is 2.06. The molecule has 3 aliphatic rings. The van der Waals surface area contributed by atoms with Crippen LogP contribution in [0.4, 0.5) is 0 Å². The van der Waals surface area contributed by atoms with Crippen LogP contribution >= 0.6 is 12.4 Å². The first-order valence-corrected chi connectivity index (χ1v) is 8.22. The van der Waals surface area contributed by atoms with Crippen LogP contribution in [-0.4, -0.2) is 43.7 Å². The first kappa shape index (κ1) is 17.0. The van der Waals surface area contributed by atoms with Crippen molar-refractivity contribution in [1.29, 1.82) is 0 Å². The molecule has 1 heterocycles. The minimum absolute atomic E-state index is 0. The molecule has 2 bridgehead atoms. The molecule has 0 aromatic rings. The Balaban J connectivity index is 0.00000161. The maximum absolute atomic E-state index is 12.7. The summed E-state index contributed by atoms with van der Waals surface area (Å²) in [5.41, 5.74) is 6.32.